The Kier molecular flexibility index (Phi) is 6.06. The fourth-order valence-electron chi connectivity index (χ4n) is 2.02. The molecule has 0 radical (unpaired) electrons. The highest BCUT2D eigenvalue weighted by molar-refractivity contribution is 7.09. The number of carbonyl (C=O) groups is 1. The molecule has 0 aliphatic carbocycles. The van der Waals surface area contributed by atoms with Crippen LogP contribution in [0.25, 0.3) is 0 Å². The van der Waals surface area contributed by atoms with E-state index in [-0.39, 0.29) is 16.3 Å². The molecule has 0 spiro atoms. The van der Waals surface area contributed by atoms with Crippen molar-refractivity contribution in [2.24, 2.45) is 0 Å². The monoisotopic (exact) mass is 353 g/mol. The van der Waals surface area contributed by atoms with Gasteiger partial charge in [-0.3, -0.25) is 14.9 Å². The van der Waals surface area contributed by atoms with Gasteiger partial charge >= 0.3 is 0 Å². The van der Waals surface area contributed by atoms with Crippen molar-refractivity contribution >= 4 is 34.5 Å². The summed E-state index contributed by atoms with van der Waals surface area (Å²) in [5, 5.41) is 16.8. The van der Waals surface area contributed by atoms with Crippen LogP contribution in [-0.2, 0) is 6.42 Å². The third kappa shape index (κ3) is 5.01. The molecule has 1 aromatic heterocycles. The molecule has 2 rings (SSSR count). The number of nitrogens with zero attached hydrogens (tertiary/aromatic N) is 2. The van der Waals surface area contributed by atoms with Crippen molar-refractivity contribution in [2.75, 3.05) is 6.54 Å². The van der Waals surface area contributed by atoms with E-state index in [9.17, 15) is 14.9 Å². The summed E-state index contributed by atoms with van der Waals surface area (Å²) < 4.78 is 0. The molecule has 0 aliphatic heterocycles. The predicted molar refractivity (Wildman–Crippen MR) is 90.2 cm³/mol. The zero-order chi connectivity index (χ0) is 16.8. The van der Waals surface area contributed by atoms with Crippen molar-refractivity contribution in [2.45, 2.75) is 26.2 Å². The first-order valence-electron chi connectivity index (χ1n) is 7.10. The Morgan fingerprint density at radius 3 is 2.87 bits per heavy atom. The number of nitrogens with one attached hydrogen (secondary N) is 1. The van der Waals surface area contributed by atoms with Crippen LogP contribution in [-0.4, -0.2) is 22.4 Å². The van der Waals surface area contributed by atoms with Gasteiger partial charge in [0.15, 0.2) is 0 Å². The third-order valence-electron chi connectivity index (χ3n) is 3.17. The minimum absolute atomic E-state index is 0.122. The molecule has 0 bridgehead atoms. The Morgan fingerprint density at radius 1 is 1.43 bits per heavy atom. The number of carbonyl (C=O) groups excluding carboxylic acids is 1. The van der Waals surface area contributed by atoms with E-state index < -0.39 is 10.8 Å². The average Bonchev–Trinajstić information content (AvgIpc) is 2.92. The molecule has 0 aliphatic rings. The minimum Gasteiger partial charge on any atom is -0.352 e. The molecule has 6 nitrogen and oxygen atoms in total. The smallest absolute Gasteiger partial charge is 0.270 e. The number of aryl methyl sites for hydroxylation is 2. The van der Waals surface area contributed by atoms with Crippen molar-refractivity contribution < 1.29 is 9.72 Å². The lowest BCUT2D eigenvalue weighted by Crippen LogP contribution is -2.24. The number of thiazole rings is 1. The van der Waals surface area contributed by atoms with Gasteiger partial charge in [-0.05, 0) is 32.3 Å². The molecular formula is C15H16ClN3O3S. The molecule has 1 heterocycles. The summed E-state index contributed by atoms with van der Waals surface area (Å²) in [4.78, 5) is 26.6. The Balaban J connectivity index is 1.80. The second-order valence-electron chi connectivity index (χ2n) is 5.02. The molecule has 1 amide bonds. The van der Waals surface area contributed by atoms with Crippen LogP contribution in [0.3, 0.4) is 0 Å². The van der Waals surface area contributed by atoms with Crippen molar-refractivity contribution in [3.05, 3.63) is 55.0 Å². The van der Waals surface area contributed by atoms with E-state index in [0.717, 1.165) is 30.0 Å². The molecule has 0 atom stereocenters. The van der Waals surface area contributed by atoms with Crippen LogP contribution < -0.4 is 5.32 Å². The highest BCUT2D eigenvalue weighted by Crippen LogP contribution is 2.22. The highest BCUT2D eigenvalue weighted by atomic mass is 35.5. The average molecular weight is 354 g/mol. The van der Waals surface area contributed by atoms with Crippen molar-refractivity contribution in [1.82, 2.24) is 10.3 Å². The fraction of sp³-hybridized carbons (Fsp3) is 0.333. The maximum Gasteiger partial charge on any atom is 0.270 e. The topological polar surface area (TPSA) is 85.1 Å². The lowest BCUT2D eigenvalue weighted by molar-refractivity contribution is -0.384. The number of hydrogen-bond donors (Lipinski definition) is 1. The van der Waals surface area contributed by atoms with Crippen molar-refractivity contribution in [3.63, 3.8) is 0 Å². The van der Waals surface area contributed by atoms with Crippen LogP contribution in [0.2, 0.25) is 5.02 Å². The first-order valence-corrected chi connectivity index (χ1v) is 8.36. The van der Waals surface area contributed by atoms with Crippen molar-refractivity contribution in [3.8, 4) is 0 Å². The van der Waals surface area contributed by atoms with Gasteiger partial charge < -0.3 is 5.32 Å². The predicted octanol–water partition coefficient (Wildman–Crippen LogP) is 3.77. The number of rotatable bonds is 7. The Labute approximate surface area is 142 Å². The van der Waals surface area contributed by atoms with Gasteiger partial charge in [-0.2, -0.15) is 0 Å². The zero-order valence-electron chi connectivity index (χ0n) is 12.5. The van der Waals surface area contributed by atoms with E-state index in [1.54, 1.807) is 11.3 Å². The van der Waals surface area contributed by atoms with Gasteiger partial charge in [0.25, 0.3) is 11.6 Å². The number of benzene rings is 1. The number of hydrogen-bond acceptors (Lipinski definition) is 5. The van der Waals surface area contributed by atoms with Gasteiger partial charge in [0.05, 0.1) is 20.5 Å². The van der Waals surface area contributed by atoms with Gasteiger partial charge in [-0.15, -0.1) is 11.3 Å². The van der Waals surface area contributed by atoms with Crippen molar-refractivity contribution in [1.29, 1.82) is 0 Å². The maximum absolute atomic E-state index is 12.0. The molecule has 1 aromatic carbocycles. The fourth-order valence-corrected chi connectivity index (χ4v) is 3.04. The van der Waals surface area contributed by atoms with Crippen LogP contribution in [0.4, 0.5) is 5.69 Å². The number of amides is 1. The quantitative estimate of drug-likeness (QED) is 0.466. The summed E-state index contributed by atoms with van der Waals surface area (Å²) in [6.45, 7) is 2.45. The highest BCUT2D eigenvalue weighted by Gasteiger charge is 2.15. The first-order chi connectivity index (χ1) is 11.0. The summed E-state index contributed by atoms with van der Waals surface area (Å²) in [7, 11) is 0. The van der Waals surface area contributed by atoms with Gasteiger partial charge in [0.2, 0.25) is 0 Å². The Hall–Kier alpha value is -1.99. The summed E-state index contributed by atoms with van der Waals surface area (Å²) in [6.07, 6.45) is 2.60. The molecule has 8 heteroatoms. The zero-order valence-corrected chi connectivity index (χ0v) is 14.1. The minimum atomic E-state index is -0.552. The number of halogens is 1. The van der Waals surface area contributed by atoms with Crippen LogP contribution in [0.15, 0.2) is 23.6 Å². The second kappa shape index (κ2) is 8.03. The summed E-state index contributed by atoms with van der Waals surface area (Å²) in [5.74, 6) is -0.399. The number of aromatic nitrogens is 1. The Morgan fingerprint density at radius 2 is 2.22 bits per heavy atom. The molecular weight excluding hydrogens is 338 g/mol. The largest absolute Gasteiger partial charge is 0.352 e. The van der Waals surface area contributed by atoms with E-state index >= 15 is 0 Å². The van der Waals surface area contributed by atoms with Crippen LogP contribution >= 0.6 is 22.9 Å². The Bertz CT molecular complexity index is 718. The summed E-state index contributed by atoms with van der Waals surface area (Å²) in [5.41, 5.74) is 0.994. The van der Waals surface area contributed by atoms with Gasteiger partial charge in [0, 0.05) is 29.8 Å². The van der Waals surface area contributed by atoms with E-state index in [1.807, 2.05) is 12.3 Å². The first kappa shape index (κ1) is 17.4. The van der Waals surface area contributed by atoms with Crippen LogP contribution in [0.5, 0.6) is 0 Å². The second-order valence-corrected chi connectivity index (χ2v) is 6.37. The standard InChI is InChI=1S/C15H16ClN3O3S/c1-10-9-23-14(18-10)4-2-3-7-17-15(20)12-8-11(19(21)22)5-6-13(12)16/h5-6,8-9H,2-4,7H2,1H3,(H,17,20). The van der Waals surface area contributed by atoms with Crippen LogP contribution in [0.1, 0.15) is 33.9 Å². The third-order valence-corrected chi connectivity index (χ3v) is 4.53. The lowest BCUT2D eigenvalue weighted by atomic mass is 10.2. The molecule has 0 saturated heterocycles. The molecule has 1 N–H and O–H groups in total. The summed E-state index contributed by atoms with van der Waals surface area (Å²) >= 11 is 7.57. The number of nitro benzene ring substituents is 1. The lowest BCUT2D eigenvalue weighted by Gasteiger charge is -2.06. The maximum atomic E-state index is 12.0. The molecule has 0 saturated carbocycles. The van der Waals surface area contributed by atoms with Crippen LogP contribution in [0, 0.1) is 17.0 Å². The summed E-state index contributed by atoms with van der Waals surface area (Å²) in [6, 6.07) is 3.82. The van der Waals surface area contributed by atoms with E-state index in [4.69, 9.17) is 11.6 Å². The van der Waals surface area contributed by atoms with Gasteiger partial charge in [-0.1, -0.05) is 11.6 Å². The molecule has 23 heavy (non-hydrogen) atoms. The molecule has 122 valence electrons. The van der Waals surface area contributed by atoms with E-state index in [0.29, 0.717) is 6.54 Å². The van der Waals surface area contributed by atoms with E-state index in [1.165, 1.54) is 18.2 Å². The molecule has 0 unspecified atom stereocenters. The number of non-ortho nitro benzene ring substituents is 1. The number of nitro groups is 1. The van der Waals surface area contributed by atoms with E-state index in [2.05, 4.69) is 10.3 Å². The number of unbranched alkanes of at least 4 members (excludes halogenated alkanes) is 1. The SMILES string of the molecule is Cc1csc(CCCCNC(=O)c2cc([N+](=O)[O-])ccc2Cl)n1. The molecule has 2 aromatic rings. The molecule has 0 fully saturated rings. The van der Waals surface area contributed by atoms with Gasteiger partial charge in [-0.25, -0.2) is 4.98 Å². The normalized spacial score (nSPS) is 10.5. The van der Waals surface area contributed by atoms with Gasteiger partial charge in [0.1, 0.15) is 0 Å².